The number of ether oxygens (including phenoxy) is 1. The van der Waals surface area contributed by atoms with Gasteiger partial charge >= 0.3 is 12.1 Å². The Morgan fingerprint density at radius 3 is 2.64 bits per heavy atom. The standard InChI is InChI=1S/C13H17F3N2O2S2/c1-2-20-12(19)10-11(13(14,15)16)17-9(22-10)3-4-18-5-7-21-8-6-18/h2-8H2,1H3. The van der Waals surface area contributed by atoms with E-state index in [1.54, 1.807) is 6.92 Å². The van der Waals surface area contributed by atoms with E-state index in [4.69, 9.17) is 0 Å². The molecule has 2 rings (SSSR count). The largest absolute Gasteiger partial charge is 0.462 e. The second-order valence-electron chi connectivity index (χ2n) is 4.71. The lowest BCUT2D eigenvalue weighted by molar-refractivity contribution is -0.141. The minimum absolute atomic E-state index is 0.0365. The number of alkyl halides is 3. The molecule has 0 saturated carbocycles. The van der Waals surface area contributed by atoms with Crippen molar-refractivity contribution in [2.24, 2.45) is 0 Å². The minimum Gasteiger partial charge on any atom is -0.462 e. The summed E-state index contributed by atoms with van der Waals surface area (Å²) in [5.41, 5.74) is -1.12. The zero-order chi connectivity index (χ0) is 16.2. The predicted octanol–water partition coefficient (Wildman–Crippen LogP) is 2.93. The SMILES string of the molecule is CCOC(=O)c1sc(CCN2CCSCC2)nc1C(F)(F)F. The van der Waals surface area contributed by atoms with Gasteiger partial charge in [0.15, 0.2) is 5.69 Å². The van der Waals surface area contributed by atoms with Crippen LogP contribution in [0.2, 0.25) is 0 Å². The lowest BCUT2D eigenvalue weighted by Gasteiger charge is -2.25. The molecule has 1 fully saturated rings. The molecular formula is C13H17F3N2O2S2. The van der Waals surface area contributed by atoms with Crippen molar-refractivity contribution in [3.05, 3.63) is 15.6 Å². The zero-order valence-corrected chi connectivity index (χ0v) is 13.7. The molecule has 0 aliphatic carbocycles. The van der Waals surface area contributed by atoms with E-state index in [0.29, 0.717) is 18.0 Å². The molecule has 0 amide bonds. The fourth-order valence-electron chi connectivity index (χ4n) is 2.08. The maximum atomic E-state index is 13.0. The van der Waals surface area contributed by atoms with E-state index in [2.05, 4.69) is 14.6 Å². The van der Waals surface area contributed by atoms with Crippen LogP contribution >= 0.6 is 23.1 Å². The predicted molar refractivity (Wildman–Crippen MR) is 80.5 cm³/mol. The van der Waals surface area contributed by atoms with Gasteiger partial charge in [-0.25, -0.2) is 9.78 Å². The van der Waals surface area contributed by atoms with Gasteiger partial charge in [-0.05, 0) is 6.92 Å². The van der Waals surface area contributed by atoms with Crippen LogP contribution < -0.4 is 0 Å². The van der Waals surface area contributed by atoms with Crippen LogP contribution in [0.25, 0.3) is 0 Å². The molecule has 0 aromatic carbocycles. The fourth-order valence-corrected chi connectivity index (χ4v) is 4.02. The molecule has 0 radical (unpaired) electrons. The average molecular weight is 354 g/mol. The number of halogens is 3. The molecule has 9 heteroatoms. The molecule has 1 aromatic heterocycles. The molecule has 0 N–H and O–H groups in total. The monoisotopic (exact) mass is 354 g/mol. The van der Waals surface area contributed by atoms with Gasteiger partial charge in [-0.15, -0.1) is 11.3 Å². The Morgan fingerprint density at radius 2 is 2.05 bits per heavy atom. The topological polar surface area (TPSA) is 42.4 Å². The second kappa shape index (κ2) is 7.65. The summed E-state index contributed by atoms with van der Waals surface area (Å²) in [7, 11) is 0. The summed E-state index contributed by atoms with van der Waals surface area (Å²) in [5, 5.41) is 0.327. The van der Waals surface area contributed by atoms with E-state index in [9.17, 15) is 18.0 Å². The van der Waals surface area contributed by atoms with Gasteiger partial charge in [-0.1, -0.05) is 0 Å². The van der Waals surface area contributed by atoms with Crippen LogP contribution in [-0.4, -0.2) is 53.6 Å². The van der Waals surface area contributed by atoms with Gasteiger partial charge in [0, 0.05) is 37.6 Å². The number of hydrogen-bond donors (Lipinski definition) is 0. The number of hydrogen-bond acceptors (Lipinski definition) is 6. The molecule has 0 unspecified atom stereocenters. The highest BCUT2D eigenvalue weighted by Crippen LogP contribution is 2.35. The van der Waals surface area contributed by atoms with E-state index in [0.717, 1.165) is 35.9 Å². The Labute approximate surface area is 135 Å². The van der Waals surface area contributed by atoms with Gasteiger partial charge in [-0.2, -0.15) is 24.9 Å². The maximum absolute atomic E-state index is 13.0. The molecule has 1 aliphatic rings. The van der Waals surface area contributed by atoms with Gasteiger partial charge in [0.1, 0.15) is 4.88 Å². The summed E-state index contributed by atoms with van der Waals surface area (Å²) in [5.74, 6) is 1.13. The first-order valence-corrected chi connectivity index (χ1v) is 8.93. The highest BCUT2D eigenvalue weighted by Gasteiger charge is 2.40. The number of thiazole rings is 1. The van der Waals surface area contributed by atoms with Crippen molar-refractivity contribution in [1.82, 2.24) is 9.88 Å². The van der Waals surface area contributed by atoms with Crippen molar-refractivity contribution >= 4 is 29.1 Å². The third-order valence-electron chi connectivity index (χ3n) is 3.15. The smallest absolute Gasteiger partial charge is 0.435 e. The van der Waals surface area contributed by atoms with E-state index in [1.165, 1.54) is 0 Å². The lowest BCUT2D eigenvalue weighted by atomic mass is 10.3. The number of rotatable bonds is 5. The van der Waals surface area contributed by atoms with Crippen molar-refractivity contribution in [1.29, 1.82) is 0 Å². The summed E-state index contributed by atoms with van der Waals surface area (Å²) in [6.07, 6.45) is -4.23. The number of aromatic nitrogens is 1. The molecule has 1 saturated heterocycles. The first kappa shape index (κ1) is 17.6. The summed E-state index contributed by atoms with van der Waals surface area (Å²) in [6, 6.07) is 0. The Hall–Kier alpha value is -0.800. The fraction of sp³-hybridized carbons (Fsp3) is 0.692. The second-order valence-corrected chi connectivity index (χ2v) is 7.02. The van der Waals surface area contributed by atoms with Crippen molar-refractivity contribution in [3.63, 3.8) is 0 Å². The first-order chi connectivity index (χ1) is 10.4. The Bertz CT molecular complexity index is 514. The number of nitrogens with zero attached hydrogens (tertiary/aromatic N) is 2. The van der Waals surface area contributed by atoms with Gasteiger partial charge < -0.3 is 9.64 Å². The molecule has 2 heterocycles. The molecule has 124 valence electrons. The third kappa shape index (κ3) is 4.60. The minimum atomic E-state index is -4.64. The summed E-state index contributed by atoms with van der Waals surface area (Å²) < 4.78 is 43.6. The van der Waals surface area contributed by atoms with Gasteiger partial charge in [-0.3, -0.25) is 0 Å². The number of carbonyl (C=O) groups is 1. The van der Waals surface area contributed by atoms with Crippen molar-refractivity contribution < 1.29 is 22.7 Å². The Kier molecular flexibility index (Phi) is 6.10. The summed E-state index contributed by atoms with van der Waals surface area (Å²) in [4.78, 5) is 17.1. The number of carbonyl (C=O) groups excluding carboxylic acids is 1. The highest BCUT2D eigenvalue weighted by atomic mass is 32.2. The quantitative estimate of drug-likeness (QED) is 0.761. The van der Waals surface area contributed by atoms with Crippen LogP contribution in [0.3, 0.4) is 0 Å². The van der Waals surface area contributed by atoms with Crippen LogP contribution in [0, 0.1) is 0 Å². The van der Waals surface area contributed by atoms with Gasteiger partial charge in [0.2, 0.25) is 0 Å². The number of thioether (sulfide) groups is 1. The molecule has 0 atom stereocenters. The van der Waals surface area contributed by atoms with E-state index in [-0.39, 0.29) is 6.61 Å². The lowest BCUT2D eigenvalue weighted by Crippen LogP contribution is -2.34. The van der Waals surface area contributed by atoms with Crippen molar-refractivity contribution in [2.45, 2.75) is 19.5 Å². The average Bonchev–Trinajstić information content (AvgIpc) is 2.91. The summed E-state index contributed by atoms with van der Waals surface area (Å²) >= 11 is 2.66. The zero-order valence-electron chi connectivity index (χ0n) is 12.1. The molecule has 1 aromatic rings. The first-order valence-electron chi connectivity index (χ1n) is 6.96. The molecule has 22 heavy (non-hydrogen) atoms. The number of esters is 1. The van der Waals surface area contributed by atoms with Gasteiger partial charge in [0.05, 0.1) is 11.6 Å². The van der Waals surface area contributed by atoms with Crippen LogP contribution in [0.5, 0.6) is 0 Å². The van der Waals surface area contributed by atoms with Crippen LogP contribution in [0.15, 0.2) is 0 Å². The normalized spacial score (nSPS) is 16.7. The maximum Gasteiger partial charge on any atom is 0.435 e. The molecule has 4 nitrogen and oxygen atoms in total. The third-order valence-corrected chi connectivity index (χ3v) is 5.18. The van der Waals surface area contributed by atoms with Crippen LogP contribution in [0.4, 0.5) is 13.2 Å². The Balaban J connectivity index is 2.09. The van der Waals surface area contributed by atoms with E-state index >= 15 is 0 Å². The van der Waals surface area contributed by atoms with Crippen LogP contribution in [0.1, 0.15) is 27.3 Å². The van der Waals surface area contributed by atoms with Gasteiger partial charge in [0.25, 0.3) is 0 Å². The van der Waals surface area contributed by atoms with E-state index in [1.807, 2.05) is 11.8 Å². The van der Waals surface area contributed by atoms with Crippen LogP contribution in [-0.2, 0) is 17.3 Å². The molecule has 1 aliphatic heterocycles. The van der Waals surface area contributed by atoms with Crippen molar-refractivity contribution in [3.8, 4) is 0 Å². The molecule has 0 bridgehead atoms. The Morgan fingerprint density at radius 1 is 1.36 bits per heavy atom. The highest BCUT2D eigenvalue weighted by molar-refractivity contribution is 7.99. The van der Waals surface area contributed by atoms with E-state index < -0.39 is 22.7 Å². The molecule has 0 spiro atoms. The molecular weight excluding hydrogens is 337 g/mol. The summed E-state index contributed by atoms with van der Waals surface area (Å²) in [6.45, 7) is 4.13. The van der Waals surface area contributed by atoms with Crippen molar-refractivity contribution in [2.75, 3.05) is 37.7 Å².